The number of amides is 5. The zero-order chi connectivity index (χ0) is 16.4. The Morgan fingerprint density at radius 3 is 2.57 bits per heavy atom. The highest BCUT2D eigenvalue weighted by Crippen LogP contribution is 2.18. The van der Waals surface area contributed by atoms with E-state index in [2.05, 4.69) is 10.6 Å². The lowest BCUT2D eigenvalue weighted by Crippen LogP contribution is -2.64. The summed E-state index contributed by atoms with van der Waals surface area (Å²) in [5.41, 5.74) is 0.963. The number of hydrogen-bond acceptors (Lipinski definition) is 4. The van der Waals surface area contributed by atoms with Crippen LogP contribution >= 0.6 is 0 Å². The third-order valence-corrected chi connectivity index (χ3v) is 4.00. The molecule has 2 heterocycles. The quantitative estimate of drug-likeness (QED) is 0.773. The standard InChI is InChI=1S/C15H18N4O4/c1-23-12-4-2-10(3-5-12)6-16-14(21)18-8-11(9-18)19-13(20)7-17-15(19)22/h2-5,11H,6-9H2,1H3,(H,16,21)(H,17,22). The number of imide groups is 1. The highest BCUT2D eigenvalue weighted by Gasteiger charge is 2.42. The fraction of sp³-hybridized carbons (Fsp3) is 0.400. The maximum Gasteiger partial charge on any atom is 0.324 e. The molecule has 23 heavy (non-hydrogen) atoms. The van der Waals surface area contributed by atoms with Crippen LogP contribution in [0.2, 0.25) is 0 Å². The summed E-state index contributed by atoms with van der Waals surface area (Å²) in [6, 6.07) is 6.62. The number of carbonyl (C=O) groups is 3. The van der Waals surface area contributed by atoms with Crippen molar-refractivity contribution in [3.8, 4) is 5.75 Å². The van der Waals surface area contributed by atoms with Crippen LogP contribution in [0, 0.1) is 0 Å². The molecule has 0 atom stereocenters. The van der Waals surface area contributed by atoms with Gasteiger partial charge in [-0.05, 0) is 17.7 Å². The summed E-state index contributed by atoms with van der Waals surface area (Å²) >= 11 is 0. The molecule has 2 aliphatic rings. The number of ether oxygens (including phenoxy) is 1. The van der Waals surface area contributed by atoms with Crippen LogP contribution in [-0.2, 0) is 11.3 Å². The Hall–Kier alpha value is -2.77. The molecular formula is C15H18N4O4. The Morgan fingerprint density at radius 1 is 1.30 bits per heavy atom. The Kier molecular flexibility index (Phi) is 4.05. The highest BCUT2D eigenvalue weighted by atomic mass is 16.5. The highest BCUT2D eigenvalue weighted by molar-refractivity contribution is 6.02. The molecule has 0 unspecified atom stereocenters. The van der Waals surface area contributed by atoms with E-state index in [-0.39, 0.29) is 30.6 Å². The third-order valence-electron chi connectivity index (χ3n) is 4.00. The van der Waals surface area contributed by atoms with E-state index in [9.17, 15) is 14.4 Å². The molecule has 0 aromatic heterocycles. The summed E-state index contributed by atoms with van der Waals surface area (Å²) in [5.74, 6) is 0.525. The van der Waals surface area contributed by atoms with Gasteiger partial charge in [-0.3, -0.25) is 9.69 Å². The maximum atomic E-state index is 12.0. The van der Waals surface area contributed by atoms with Gasteiger partial charge in [0.15, 0.2) is 0 Å². The second kappa shape index (κ2) is 6.15. The van der Waals surface area contributed by atoms with E-state index in [1.54, 1.807) is 12.0 Å². The molecule has 0 spiro atoms. The number of methoxy groups -OCH3 is 1. The first-order valence-corrected chi connectivity index (χ1v) is 7.34. The van der Waals surface area contributed by atoms with Gasteiger partial charge in [0.2, 0.25) is 5.91 Å². The predicted octanol–water partition coefficient (Wildman–Crippen LogP) is 0.141. The molecule has 2 fully saturated rings. The molecule has 0 saturated carbocycles. The molecule has 5 amide bonds. The first-order chi connectivity index (χ1) is 11.1. The molecule has 3 rings (SSSR count). The molecular weight excluding hydrogens is 300 g/mol. The molecule has 1 aromatic carbocycles. The maximum absolute atomic E-state index is 12.0. The molecule has 0 radical (unpaired) electrons. The van der Waals surface area contributed by atoms with E-state index >= 15 is 0 Å². The lowest BCUT2D eigenvalue weighted by molar-refractivity contribution is -0.128. The first kappa shape index (κ1) is 15.1. The summed E-state index contributed by atoms with van der Waals surface area (Å²) in [6.45, 7) is 1.19. The number of carbonyl (C=O) groups excluding carboxylic acids is 3. The van der Waals surface area contributed by atoms with Crippen molar-refractivity contribution in [1.29, 1.82) is 0 Å². The van der Waals surface area contributed by atoms with Crippen molar-refractivity contribution in [3.63, 3.8) is 0 Å². The largest absolute Gasteiger partial charge is 0.497 e. The Balaban J connectivity index is 1.45. The van der Waals surface area contributed by atoms with E-state index in [4.69, 9.17) is 4.74 Å². The van der Waals surface area contributed by atoms with Crippen LogP contribution in [0.3, 0.4) is 0 Å². The number of nitrogens with zero attached hydrogens (tertiary/aromatic N) is 2. The summed E-state index contributed by atoms with van der Waals surface area (Å²) in [5, 5.41) is 5.29. The monoisotopic (exact) mass is 318 g/mol. The van der Waals surface area contributed by atoms with Crippen LogP contribution in [0.5, 0.6) is 5.75 Å². The summed E-state index contributed by atoms with van der Waals surface area (Å²) < 4.78 is 5.08. The minimum Gasteiger partial charge on any atom is -0.497 e. The van der Waals surface area contributed by atoms with E-state index in [1.807, 2.05) is 24.3 Å². The Morgan fingerprint density at radius 2 is 2.00 bits per heavy atom. The fourth-order valence-electron chi connectivity index (χ4n) is 2.62. The SMILES string of the molecule is COc1ccc(CNC(=O)N2CC(N3C(=O)CNC3=O)C2)cc1. The van der Waals surface area contributed by atoms with Gasteiger partial charge in [0.1, 0.15) is 5.75 Å². The summed E-state index contributed by atoms with van der Waals surface area (Å²) in [6.07, 6.45) is 0. The topological polar surface area (TPSA) is 91.0 Å². The van der Waals surface area contributed by atoms with Gasteiger partial charge in [-0.15, -0.1) is 0 Å². The number of nitrogens with one attached hydrogen (secondary N) is 2. The molecule has 1 aromatic rings. The van der Waals surface area contributed by atoms with Crippen molar-refractivity contribution in [2.24, 2.45) is 0 Å². The van der Waals surface area contributed by atoms with Crippen LogP contribution in [0.1, 0.15) is 5.56 Å². The van der Waals surface area contributed by atoms with Gasteiger partial charge >= 0.3 is 12.1 Å². The van der Waals surface area contributed by atoms with Crippen molar-refractivity contribution in [1.82, 2.24) is 20.4 Å². The average molecular weight is 318 g/mol. The lowest BCUT2D eigenvalue weighted by Gasteiger charge is -2.42. The van der Waals surface area contributed by atoms with Crippen molar-refractivity contribution in [2.75, 3.05) is 26.7 Å². The second-order valence-electron chi connectivity index (χ2n) is 5.49. The molecule has 8 heteroatoms. The zero-order valence-electron chi connectivity index (χ0n) is 12.7. The van der Waals surface area contributed by atoms with Gasteiger partial charge in [0, 0.05) is 19.6 Å². The van der Waals surface area contributed by atoms with Crippen LogP contribution < -0.4 is 15.4 Å². The first-order valence-electron chi connectivity index (χ1n) is 7.34. The average Bonchev–Trinajstić information content (AvgIpc) is 2.84. The minimum absolute atomic E-state index is 0.0407. The summed E-state index contributed by atoms with van der Waals surface area (Å²) in [4.78, 5) is 37.9. The smallest absolute Gasteiger partial charge is 0.324 e. The molecule has 0 bridgehead atoms. The van der Waals surface area contributed by atoms with Crippen LogP contribution in [0.25, 0.3) is 0 Å². The molecule has 2 saturated heterocycles. The molecule has 2 aliphatic heterocycles. The zero-order valence-corrected chi connectivity index (χ0v) is 12.7. The van der Waals surface area contributed by atoms with Crippen molar-refractivity contribution < 1.29 is 19.1 Å². The molecule has 2 N–H and O–H groups in total. The predicted molar refractivity (Wildman–Crippen MR) is 80.8 cm³/mol. The number of hydrogen-bond donors (Lipinski definition) is 2. The van der Waals surface area contributed by atoms with Crippen LogP contribution in [-0.4, -0.2) is 60.6 Å². The second-order valence-corrected chi connectivity index (χ2v) is 5.49. The van der Waals surface area contributed by atoms with Crippen molar-refractivity contribution in [2.45, 2.75) is 12.6 Å². The van der Waals surface area contributed by atoms with Gasteiger partial charge in [-0.2, -0.15) is 0 Å². The number of rotatable bonds is 4. The number of benzene rings is 1. The van der Waals surface area contributed by atoms with Crippen LogP contribution in [0.4, 0.5) is 9.59 Å². The van der Waals surface area contributed by atoms with Gasteiger partial charge in [-0.1, -0.05) is 12.1 Å². The molecule has 122 valence electrons. The van der Waals surface area contributed by atoms with E-state index in [1.165, 1.54) is 4.90 Å². The fourth-order valence-corrected chi connectivity index (χ4v) is 2.62. The Bertz CT molecular complexity index is 609. The third kappa shape index (κ3) is 3.05. The normalized spacial score (nSPS) is 17.8. The Labute approximate surface area is 133 Å². The van der Waals surface area contributed by atoms with Crippen molar-refractivity contribution in [3.05, 3.63) is 29.8 Å². The van der Waals surface area contributed by atoms with Gasteiger partial charge < -0.3 is 20.3 Å². The van der Waals surface area contributed by atoms with Gasteiger partial charge in [0.25, 0.3) is 0 Å². The summed E-state index contributed by atoms with van der Waals surface area (Å²) in [7, 11) is 1.60. The van der Waals surface area contributed by atoms with Crippen molar-refractivity contribution >= 4 is 18.0 Å². The minimum atomic E-state index is -0.377. The van der Waals surface area contributed by atoms with Gasteiger partial charge in [0.05, 0.1) is 19.7 Å². The van der Waals surface area contributed by atoms with Gasteiger partial charge in [-0.25, -0.2) is 9.59 Å². The van der Waals surface area contributed by atoms with E-state index in [0.29, 0.717) is 19.6 Å². The van der Waals surface area contributed by atoms with Crippen LogP contribution in [0.15, 0.2) is 24.3 Å². The number of urea groups is 2. The molecule has 0 aliphatic carbocycles. The number of likely N-dealkylation sites (tertiary alicyclic amines) is 1. The van der Waals surface area contributed by atoms with E-state index < -0.39 is 0 Å². The molecule has 8 nitrogen and oxygen atoms in total. The lowest BCUT2D eigenvalue weighted by atomic mass is 10.1. The van der Waals surface area contributed by atoms with E-state index in [0.717, 1.165) is 11.3 Å².